The third-order valence-corrected chi connectivity index (χ3v) is 6.76. The van der Waals surface area contributed by atoms with Gasteiger partial charge in [0.1, 0.15) is 5.58 Å². The van der Waals surface area contributed by atoms with E-state index >= 15 is 0 Å². The fourth-order valence-corrected chi connectivity index (χ4v) is 4.83. The quantitative estimate of drug-likeness (QED) is 0.582. The van der Waals surface area contributed by atoms with E-state index in [9.17, 15) is 13.2 Å². The third-order valence-electron chi connectivity index (χ3n) is 5.40. The van der Waals surface area contributed by atoms with E-state index in [4.69, 9.17) is 4.42 Å². The van der Waals surface area contributed by atoms with Gasteiger partial charge in [0.2, 0.25) is 0 Å². The van der Waals surface area contributed by atoms with E-state index in [1.165, 1.54) is 0 Å². The molecule has 0 unspecified atom stereocenters. The topological polar surface area (TPSA) is 88.4 Å². The SMILES string of the molecule is CCc1ccc(S(=O)(=O)Nc2c(NC3CCCC3)c3ccccc3oc2=O)cc1. The van der Waals surface area contributed by atoms with Crippen molar-refractivity contribution in [3.63, 3.8) is 0 Å². The first-order valence-corrected chi connectivity index (χ1v) is 11.4. The van der Waals surface area contributed by atoms with Crippen molar-refractivity contribution >= 4 is 32.4 Å². The minimum absolute atomic E-state index is 0.0739. The zero-order chi connectivity index (χ0) is 20.4. The predicted molar refractivity (Wildman–Crippen MR) is 115 cm³/mol. The zero-order valence-corrected chi connectivity index (χ0v) is 17.1. The van der Waals surface area contributed by atoms with Gasteiger partial charge in [0.25, 0.3) is 10.0 Å². The molecule has 29 heavy (non-hydrogen) atoms. The standard InChI is InChI=1S/C22H24N2O4S/c1-2-15-11-13-17(14-12-15)29(26,27)24-21-20(23-16-7-3-4-8-16)18-9-5-6-10-19(18)28-22(21)25/h5-6,9-14,16,23-24H,2-4,7-8H2,1H3. The van der Waals surface area contributed by atoms with E-state index in [0.29, 0.717) is 16.7 Å². The lowest BCUT2D eigenvalue weighted by atomic mass is 10.1. The number of benzene rings is 2. The van der Waals surface area contributed by atoms with Crippen molar-refractivity contribution in [1.29, 1.82) is 0 Å². The Morgan fingerprint density at radius 3 is 2.38 bits per heavy atom. The van der Waals surface area contributed by atoms with Crippen LogP contribution in [0.5, 0.6) is 0 Å². The lowest BCUT2D eigenvalue weighted by molar-refractivity contribution is 0.562. The minimum Gasteiger partial charge on any atom is -0.421 e. The monoisotopic (exact) mass is 412 g/mol. The lowest BCUT2D eigenvalue weighted by Gasteiger charge is -2.19. The summed E-state index contributed by atoms with van der Waals surface area (Å²) in [5.74, 6) is 0. The van der Waals surface area contributed by atoms with Gasteiger partial charge < -0.3 is 9.73 Å². The smallest absolute Gasteiger partial charge is 0.363 e. The maximum atomic E-state index is 13.0. The molecule has 1 aliphatic carbocycles. The molecule has 0 radical (unpaired) electrons. The summed E-state index contributed by atoms with van der Waals surface area (Å²) in [6.07, 6.45) is 5.01. The molecule has 1 fully saturated rings. The molecular weight excluding hydrogens is 388 g/mol. The van der Waals surface area contributed by atoms with Crippen molar-refractivity contribution in [2.75, 3.05) is 10.0 Å². The van der Waals surface area contributed by atoms with Gasteiger partial charge in [0.05, 0.1) is 10.6 Å². The van der Waals surface area contributed by atoms with Crippen LogP contribution in [0.15, 0.2) is 62.6 Å². The first-order valence-electron chi connectivity index (χ1n) is 9.92. The molecule has 152 valence electrons. The van der Waals surface area contributed by atoms with Crippen molar-refractivity contribution in [2.45, 2.75) is 50.0 Å². The molecule has 0 bridgehead atoms. The van der Waals surface area contributed by atoms with E-state index in [1.807, 2.05) is 19.1 Å². The van der Waals surface area contributed by atoms with Gasteiger partial charge in [-0.2, -0.15) is 0 Å². The number of nitrogens with one attached hydrogen (secondary N) is 2. The molecule has 3 aromatic rings. The predicted octanol–water partition coefficient (Wildman–Crippen LogP) is 4.51. The van der Waals surface area contributed by atoms with E-state index < -0.39 is 15.6 Å². The molecule has 7 heteroatoms. The van der Waals surface area contributed by atoms with Crippen LogP contribution >= 0.6 is 0 Å². The lowest BCUT2D eigenvalue weighted by Crippen LogP contribution is -2.23. The summed E-state index contributed by atoms with van der Waals surface area (Å²) < 4.78 is 33.8. The van der Waals surface area contributed by atoms with E-state index in [0.717, 1.165) is 37.7 Å². The number of hydrogen-bond acceptors (Lipinski definition) is 5. The Labute approximate surface area is 170 Å². The highest BCUT2D eigenvalue weighted by molar-refractivity contribution is 7.92. The second-order valence-electron chi connectivity index (χ2n) is 7.36. The van der Waals surface area contributed by atoms with Crippen LogP contribution < -0.4 is 15.7 Å². The summed E-state index contributed by atoms with van der Waals surface area (Å²) in [5.41, 5.74) is 1.16. The number of fused-ring (bicyclic) bond motifs is 1. The van der Waals surface area contributed by atoms with Gasteiger partial charge in [-0.1, -0.05) is 44.0 Å². The van der Waals surface area contributed by atoms with Gasteiger partial charge in [-0.25, -0.2) is 13.2 Å². The first-order chi connectivity index (χ1) is 14.0. The summed E-state index contributed by atoms with van der Waals surface area (Å²) in [6, 6.07) is 14.0. The van der Waals surface area contributed by atoms with Crippen LogP contribution in [0.4, 0.5) is 11.4 Å². The Morgan fingerprint density at radius 1 is 1.00 bits per heavy atom. The van der Waals surface area contributed by atoms with Gasteiger partial charge in [0.15, 0.2) is 5.69 Å². The third kappa shape index (κ3) is 4.00. The largest absolute Gasteiger partial charge is 0.421 e. The molecule has 2 aromatic carbocycles. The molecule has 0 aliphatic heterocycles. The molecule has 1 aromatic heterocycles. The van der Waals surface area contributed by atoms with Gasteiger partial charge >= 0.3 is 5.63 Å². The fraction of sp³-hybridized carbons (Fsp3) is 0.318. The molecular formula is C22H24N2O4S. The average molecular weight is 413 g/mol. The van der Waals surface area contributed by atoms with Crippen molar-refractivity contribution < 1.29 is 12.8 Å². The summed E-state index contributed by atoms with van der Waals surface area (Å²) >= 11 is 0. The zero-order valence-electron chi connectivity index (χ0n) is 16.3. The number of sulfonamides is 1. The van der Waals surface area contributed by atoms with Gasteiger partial charge in [-0.15, -0.1) is 0 Å². The number of hydrogen-bond donors (Lipinski definition) is 2. The highest BCUT2D eigenvalue weighted by Gasteiger charge is 2.24. The minimum atomic E-state index is -3.94. The van der Waals surface area contributed by atoms with Crippen LogP contribution in [-0.4, -0.2) is 14.5 Å². The second kappa shape index (κ2) is 7.91. The Bertz CT molecular complexity index is 1180. The van der Waals surface area contributed by atoms with Crippen LogP contribution in [0.1, 0.15) is 38.2 Å². The molecule has 1 aliphatic rings. The molecule has 2 N–H and O–H groups in total. The highest BCUT2D eigenvalue weighted by atomic mass is 32.2. The maximum Gasteiger partial charge on any atom is 0.363 e. The number of para-hydroxylation sites is 1. The molecule has 0 atom stereocenters. The van der Waals surface area contributed by atoms with Crippen LogP contribution in [-0.2, 0) is 16.4 Å². The van der Waals surface area contributed by atoms with E-state index in [-0.39, 0.29) is 16.6 Å². The van der Waals surface area contributed by atoms with E-state index in [1.54, 1.807) is 36.4 Å². The van der Waals surface area contributed by atoms with Gasteiger partial charge in [0, 0.05) is 11.4 Å². The van der Waals surface area contributed by atoms with Gasteiger partial charge in [-0.05, 0) is 49.1 Å². The normalized spacial score (nSPS) is 14.9. The molecule has 1 heterocycles. The summed E-state index contributed by atoms with van der Waals surface area (Å²) in [6.45, 7) is 2.00. The molecule has 1 saturated carbocycles. The number of aryl methyl sites for hydroxylation is 1. The molecule has 0 saturated heterocycles. The highest BCUT2D eigenvalue weighted by Crippen LogP contribution is 2.33. The first kappa shape index (κ1) is 19.5. The van der Waals surface area contributed by atoms with Crippen LogP contribution in [0.3, 0.4) is 0 Å². The molecule has 0 amide bonds. The Kier molecular flexibility index (Phi) is 5.32. The second-order valence-corrected chi connectivity index (χ2v) is 9.05. The van der Waals surface area contributed by atoms with Gasteiger partial charge in [-0.3, -0.25) is 4.72 Å². The fourth-order valence-electron chi connectivity index (χ4n) is 3.76. The van der Waals surface area contributed by atoms with Crippen molar-refractivity contribution in [3.05, 3.63) is 64.5 Å². The number of rotatable bonds is 6. The molecule has 0 spiro atoms. The van der Waals surface area contributed by atoms with Crippen molar-refractivity contribution in [2.24, 2.45) is 0 Å². The molecule has 4 rings (SSSR count). The maximum absolute atomic E-state index is 13.0. The van der Waals surface area contributed by atoms with Crippen LogP contribution in [0, 0.1) is 0 Å². The average Bonchev–Trinajstić information content (AvgIpc) is 3.24. The molecule has 6 nitrogen and oxygen atoms in total. The Morgan fingerprint density at radius 2 is 1.69 bits per heavy atom. The summed E-state index contributed by atoms with van der Waals surface area (Å²) in [7, 11) is -3.94. The number of anilines is 2. The summed E-state index contributed by atoms with van der Waals surface area (Å²) in [4.78, 5) is 12.8. The Hall–Kier alpha value is -2.80. The van der Waals surface area contributed by atoms with Crippen molar-refractivity contribution in [1.82, 2.24) is 0 Å². The Balaban J connectivity index is 1.79. The van der Waals surface area contributed by atoms with Crippen molar-refractivity contribution in [3.8, 4) is 0 Å². The van der Waals surface area contributed by atoms with Crippen LogP contribution in [0.2, 0.25) is 0 Å². The van der Waals surface area contributed by atoms with E-state index in [2.05, 4.69) is 10.0 Å². The summed E-state index contributed by atoms with van der Waals surface area (Å²) in [5, 5.41) is 4.08. The van der Waals surface area contributed by atoms with Crippen LogP contribution in [0.25, 0.3) is 11.0 Å².